The first-order valence-corrected chi connectivity index (χ1v) is 21.9. The van der Waals surface area contributed by atoms with E-state index >= 15 is 13.2 Å². The predicted molar refractivity (Wildman–Crippen MR) is 261 cm³/mol. The second-order valence-electron chi connectivity index (χ2n) is 17.2. The van der Waals surface area contributed by atoms with Crippen LogP contribution < -0.4 is 0 Å². The Bertz CT molecular complexity index is 3880. The highest BCUT2D eigenvalue weighted by atomic mass is 19.4. The van der Waals surface area contributed by atoms with Crippen LogP contribution in [-0.2, 0) is 12.4 Å². The number of nitrogens with zero attached hydrogens (tertiary/aromatic N) is 3. The van der Waals surface area contributed by atoms with E-state index in [4.69, 9.17) is 0 Å². The number of nitriles is 1. The molecular formula is C59H37F6N3. The van der Waals surface area contributed by atoms with Crippen LogP contribution in [-0.4, -0.2) is 9.13 Å². The van der Waals surface area contributed by atoms with Gasteiger partial charge in [-0.25, -0.2) is 0 Å². The molecule has 2 heterocycles. The minimum Gasteiger partial charge on any atom is -0.309 e. The van der Waals surface area contributed by atoms with Crippen LogP contribution in [0.1, 0.15) is 27.8 Å². The van der Waals surface area contributed by atoms with E-state index in [0.29, 0.717) is 23.0 Å². The van der Waals surface area contributed by atoms with Gasteiger partial charge in [-0.3, -0.25) is 0 Å². The van der Waals surface area contributed by atoms with Crippen LogP contribution in [0.4, 0.5) is 26.3 Å². The number of hydrogen-bond acceptors (Lipinski definition) is 1. The quantitative estimate of drug-likeness (QED) is 0.153. The first-order valence-electron chi connectivity index (χ1n) is 21.9. The Kier molecular flexibility index (Phi) is 9.90. The summed E-state index contributed by atoms with van der Waals surface area (Å²) in [6.07, 6.45) is -10.2. The minimum atomic E-state index is -5.19. The van der Waals surface area contributed by atoms with Crippen molar-refractivity contribution in [1.29, 1.82) is 5.26 Å². The van der Waals surface area contributed by atoms with Gasteiger partial charge in [0.1, 0.15) is 0 Å². The lowest BCUT2D eigenvalue weighted by Gasteiger charge is -2.24. The summed E-state index contributed by atoms with van der Waals surface area (Å²) in [4.78, 5) is 0. The fraction of sp³-hybridized carbons (Fsp3) is 0.0678. The van der Waals surface area contributed by atoms with Gasteiger partial charge in [0.15, 0.2) is 0 Å². The van der Waals surface area contributed by atoms with Crippen molar-refractivity contribution in [2.45, 2.75) is 26.2 Å². The molecule has 11 aromatic rings. The molecule has 9 heteroatoms. The molecule has 0 spiro atoms. The van der Waals surface area contributed by atoms with Gasteiger partial charge in [0.05, 0.1) is 56.2 Å². The molecule has 0 saturated carbocycles. The summed E-state index contributed by atoms with van der Waals surface area (Å²) in [5, 5.41) is 14.7. The summed E-state index contributed by atoms with van der Waals surface area (Å²) in [6, 6.07) is 58.5. The molecular weight excluding hydrogens is 865 g/mol. The Morgan fingerprint density at radius 1 is 0.397 bits per heavy atom. The first kappa shape index (κ1) is 42.3. The average molecular weight is 902 g/mol. The van der Waals surface area contributed by atoms with Gasteiger partial charge in [0.25, 0.3) is 0 Å². The highest BCUT2D eigenvalue weighted by Gasteiger charge is 2.39. The molecule has 0 radical (unpaired) electrons. The molecule has 0 saturated heterocycles. The summed E-state index contributed by atoms with van der Waals surface area (Å²) in [5.74, 6) is 0. The van der Waals surface area contributed by atoms with Crippen LogP contribution in [0.25, 0.3) is 99.5 Å². The molecule has 0 aliphatic carbocycles. The van der Waals surface area contributed by atoms with Crippen molar-refractivity contribution in [3.8, 4) is 62.0 Å². The molecule has 68 heavy (non-hydrogen) atoms. The van der Waals surface area contributed by atoms with E-state index in [9.17, 15) is 18.4 Å². The Hall–Kier alpha value is -8.35. The highest BCUT2D eigenvalue weighted by molar-refractivity contribution is 6.13. The summed E-state index contributed by atoms with van der Waals surface area (Å²) in [6.45, 7) is 4.06. The molecule has 2 aromatic heterocycles. The normalized spacial score (nSPS) is 12.1. The van der Waals surface area contributed by atoms with E-state index in [-0.39, 0.29) is 22.8 Å². The lowest BCUT2D eigenvalue weighted by Crippen LogP contribution is -2.13. The van der Waals surface area contributed by atoms with E-state index in [1.807, 2.05) is 132 Å². The topological polar surface area (TPSA) is 33.6 Å². The fourth-order valence-electron chi connectivity index (χ4n) is 9.96. The van der Waals surface area contributed by atoms with Gasteiger partial charge in [-0.05, 0) is 114 Å². The zero-order valence-electron chi connectivity index (χ0n) is 36.5. The number of para-hydroxylation sites is 2. The Balaban J connectivity index is 1.27. The average Bonchev–Trinajstić information content (AvgIpc) is 3.85. The molecule has 330 valence electrons. The summed E-state index contributed by atoms with van der Waals surface area (Å²) < 4.78 is 92.8. The molecule has 0 fully saturated rings. The standard InChI is InChI=1S/C59H37F6N3/c1-35-11-7-13-37(29-35)39-23-27-52-47(31-39)44-16-3-5-19-50(44)67(52)54-21-9-15-41(34-66)56(54)57-46(43-26-25-42(58(60,61)62)33-49(43)59(63,64)65)18-10-22-55(57)68-51-20-6-4-17-45(51)48-32-40(24-28-53(48)68)38-14-8-12-36(2)30-38/h3-33H,1-2H3. The summed E-state index contributed by atoms with van der Waals surface area (Å²) >= 11 is 0. The largest absolute Gasteiger partial charge is 0.417 e. The van der Waals surface area contributed by atoms with E-state index in [1.54, 1.807) is 24.3 Å². The number of rotatable bonds is 6. The second-order valence-corrected chi connectivity index (χ2v) is 17.2. The smallest absolute Gasteiger partial charge is 0.309 e. The van der Waals surface area contributed by atoms with Crippen LogP contribution in [0.5, 0.6) is 0 Å². The second kappa shape index (κ2) is 15.9. The molecule has 0 N–H and O–H groups in total. The van der Waals surface area contributed by atoms with E-state index in [0.717, 1.165) is 83.1 Å². The number of fused-ring (bicyclic) bond motifs is 6. The molecule has 0 aliphatic heterocycles. The van der Waals surface area contributed by atoms with Gasteiger partial charge < -0.3 is 9.13 Å². The summed E-state index contributed by atoms with van der Waals surface area (Å²) in [5.41, 5.74) is 7.51. The third-order valence-corrected chi connectivity index (χ3v) is 12.9. The fourth-order valence-corrected chi connectivity index (χ4v) is 9.96. The van der Waals surface area contributed by atoms with Crippen molar-refractivity contribution in [2.24, 2.45) is 0 Å². The molecule has 0 atom stereocenters. The van der Waals surface area contributed by atoms with Crippen molar-refractivity contribution in [1.82, 2.24) is 9.13 Å². The highest BCUT2D eigenvalue weighted by Crippen LogP contribution is 2.49. The SMILES string of the molecule is Cc1cccc(-c2ccc3c(c2)c2ccccc2n3-c2cccc(C#N)c2-c2c(-c3ccc(C(F)(F)F)cc3C(F)(F)F)cccc2-n2c3ccccc3c3cc(-c4cccc(C)c4)ccc32)c1. The zero-order valence-corrected chi connectivity index (χ0v) is 36.5. The maximum absolute atomic E-state index is 15.4. The van der Waals surface area contributed by atoms with Crippen molar-refractivity contribution < 1.29 is 26.3 Å². The maximum Gasteiger partial charge on any atom is 0.417 e. The number of aryl methyl sites for hydroxylation is 2. The Morgan fingerprint density at radius 3 is 1.40 bits per heavy atom. The van der Waals surface area contributed by atoms with Crippen LogP contribution in [0.2, 0.25) is 0 Å². The number of alkyl halides is 6. The third kappa shape index (κ3) is 6.99. The Morgan fingerprint density at radius 2 is 0.882 bits per heavy atom. The summed E-state index contributed by atoms with van der Waals surface area (Å²) in [7, 11) is 0. The molecule has 3 nitrogen and oxygen atoms in total. The lowest BCUT2D eigenvalue weighted by atomic mass is 9.86. The van der Waals surface area contributed by atoms with Gasteiger partial charge in [0, 0.05) is 32.7 Å². The van der Waals surface area contributed by atoms with Crippen LogP contribution in [0.15, 0.2) is 188 Å². The molecule has 0 bridgehead atoms. The predicted octanol–water partition coefficient (Wildman–Crippen LogP) is 17.1. The minimum absolute atomic E-state index is 0.00249. The molecule has 0 unspecified atom stereocenters. The van der Waals surface area contributed by atoms with E-state index in [2.05, 4.69) is 36.4 Å². The van der Waals surface area contributed by atoms with Crippen LogP contribution >= 0.6 is 0 Å². The zero-order chi connectivity index (χ0) is 47.1. The van der Waals surface area contributed by atoms with Crippen LogP contribution in [0, 0.1) is 25.2 Å². The molecule has 0 amide bonds. The number of halogens is 6. The van der Waals surface area contributed by atoms with Crippen LogP contribution in [0.3, 0.4) is 0 Å². The number of hydrogen-bond donors (Lipinski definition) is 0. The van der Waals surface area contributed by atoms with Crippen molar-refractivity contribution in [3.63, 3.8) is 0 Å². The molecule has 9 aromatic carbocycles. The van der Waals surface area contributed by atoms with Crippen molar-refractivity contribution in [3.05, 3.63) is 216 Å². The Labute approximate surface area is 387 Å². The first-order chi connectivity index (χ1) is 32.8. The van der Waals surface area contributed by atoms with Gasteiger partial charge in [0.2, 0.25) is 0 Å². The van der Waals surface area contributed by atoms with Gasteiger partial charge >= 0.3 is 12.4 Å². The van der Waals surface area contributed by atoms with Gasteiger partial charge in [-0.2, -0.15) is 31.6 Å². The number of aromatic nitrogens is 2. The van der Waals surface area contributed by atoms with E-state index in [1.165, 1.54) is 6.07 Å². The monoisotopic (exact) mass is 901 g/mol. The molecule has 11 rings (SSSR count). The van der Waals surface area contributed by atoms with Crippen molar-refractivity contribution in [2.75, 3.05) is 0 Å². The third-order valence-electron chi connectivity index (χ3n) is 12.9. The van der Waals surface area contributed by atoms with E-state index < -0.39 is 29.0 Å². The number of benzene rings is 9. The lowest BCUT2D eigenvalue weighted by molar-refractivity contribution is -0.142. The van der Waals surface area contributed by atoms with Gasteiger partial charge in [-0.15, -0.1) is 0 Å². The molecule has 0 aliphatic rings. The van der Waals surface area contributed by atoms with Crippen molar-refractivity contribution >= 4 is 43.6 Å². The van der Waals surface area contributed by atoms with Gasteiger partial charge in [-0.1, -0.05) is 132 Å². The maximum atomic E-state index is 15.4.